The number of benzene rings is 2. The van der Waals surface area contributed by atoms with Gasteiger partial charge in [0.2, 0.25) is 5.91 Å². The summed E-state index contributed by atoms with van der Waals surface area (Å²) in [5, 5.41) is 0.331. The Morgan fingerprint density at radius 1 is 1.00 bits per heavy atom. The summed E-state index contributed by atoms with van der Waals surface area (Å²) >= 11 is 0. The largest absolute Gasteiger partial charge is 0.573 e. The van der Waals surface area contributed by atoms with Gasteiger partial charge in [0.1, 0.15) is 5.52 Å². The first-order chi connectivity index (χ1) is 12.2. The predicted molar refractivity (Wildman–Crippen MR) is 87.6 cm³/mol. The molecule has 6 nitrogen and oxygen atoms in total. The van der Waals surface area contributed by atoms with Crippen molar-refractivity contribution in [1.29, 1.82) is 0 Å². The molecule has 9 heteroatoms. The van der Waals surface area contributed by atoms with Crippen molar-refractivity contribution >= 4 is 22.8 Å². The average Bonchev–Trinajstić information content (AvgIpc) is 2.94. The molecule has 0 bridgehead atoms. The van der Waals surface area contributed by atoms with Gasteiger partial charge < -0.3 is 16.2 Å². The number of primary amides is 2. The Hall–Kier alpha value is -3.49. The minimum absolute atomic E-state index is 0.105. The van der Waals surface area contributed by atoms with E-state index in [-0.39, 0.29) is 11.1 Å². The number of para-hydroxylation sites is 1. The van der Waals surface area contributed by atoms with Crippen molar-refractivity contribution in [2.75, 3.05) is 0 Å². The Kier molecular flexibility index (Phi) is 4.07. The fourth-order valence-corrected chi connectivity index (χ4v) is 2.68. The SMILES string of the molecule is NC(=O)c1ccc(-c2cn(C(N)=O)c3c(OC(F)(F)F)cccc23)cc1. The van der Waals surface area contributed by atoms with Gasteiger partial charge in [0, 0.05) is 22.7 Å². The summed E-state index contributed by atoms with van der Waals surface area (Å²) in [7, 11) is 0. The van der Waals surface area contributed by atoms with Crippen LogP contribution in [0.15, 0.2) is 48.7 Å². The number of amides is 2. The maximum Gasteiger partial charge on any atom is 0.573 e. The van der Waals surface area contributed by atoms with Crippen molar-refractivity contribution in [2.45, 2.75) is 6.36 Å². The minimum atomic E-state index is -4.93. The summed E-state index contributed by atoms with van der Waals surface area (Å²) in [5.74, 6) is -1.16. The molecule has 2 amide bonds. The molecule has 0 saturated carbocycles. The van der Waals surface area contributed by atoms with E-state index in [2.05, 4.69) is 4.74 Å². The van der Waals surface area contributed by atoms with Crippen LogP contribution < -0.4 is 16.2 Å². The van der Waals surface area contributed by atoms with E-state index in [0.29, 0.717) is 16.5 Å². The number of hydrogen-bond donors (Lipinski definition) is 2. The number of nitrogens with zero attached hydrogens (tertiary/aromatic N) is 1. The molecule has 0 fully saturated rings. The van der Waals surface area contributed by atoms with Crippen LogP contribution in [0.4, 0.5) is 18.0 Å². The van der Waals surface area contributed by atoms with E-state index in [1.165, 1.54) is 30.5 Å². The Morgan fingerprint density at radius 3 is 2.19 bits per heavy atom. The van der Waals surface area contributed by atoms with Crippen LogP contribution in [-0.2, 0) is 0 Å². The van der Waals surface area contributed by atoms with E-state index < -0.39 is 24.1 Å². The van der Waals surface area contributed by atoms with Crippen LogP contribution in [0.3, 0.4) is 0 Å². The zero-order valence-electron chi connectivity index (χ0n) is 13.1. The topological polar surface area (TPSA) is 100 Å². The van der Waals surface area contributed by atoms with Crippen molar-refractivity contribution in [3.8, 4) is 16.9 Å². The van der Waals surface area contributed by atoms with Crippen molar-refractivity contribution in [2.24, 2.45) is 11.5 Å². The number of carbonyl (C=O) groups excluding carboxylic acids is 2. The number of nitrogens with two attached hydrogens (primary N) is 2. The van der Waals surface area contributed by atoms with E-state index in [0.717, 1.165) is 10.6 Å². The first-order valence-corrected chi connectivity index (χ1v) is 7.27. The van der Waals surface area contributed by atoms with Gasteiger partial charge in [0.05, 0.1) is 0 Å². The van der Waals surface area contributed by atoms with Gasteiger partial charge in [0.15, 0.2) is 5.75 Å². The normalized spacial score (nSPS) is 11.5. The number of rotatable bonds is 3. The van der Waals surface area contributed by atoms with Gasteiger partial charge in [0.25, 0.3) is 0 Å². The molecule has 2 aromatic carbocycles. The van der Waals surface area contributed by atoms with Gasteiger partial charge in [-0.05, 0) is 23.8 Å². The molecule has 134 valence electrons. The molecule has 0 saturated heterocycles. The number of alkyl halides is 3. The summed E-state index contributed by atoms with van der Waals surface area (Å²) in [4.78, 5) is 22.9. The summed E-state index contributed by atoms with van der Waals surface area (Å²) in [5.41, 5.74) is 11.7. The van der Waals surface area contributed by atoms with Crippen LogP contribution in [0.5, 0.6) is 5.75 Å². The van der Waals surface area contributed by atoms with Crippen molar-refractivity contribution in [1.82, 2.24) is 4.57 Å². The van der Waals surface area contributed by atoms with Crippen LogP contribution in [0.2, 0.25) is 0 Å². The van der Waals surface area contributed by atoms with Crippen LogP contribution in [0.1, 0.15) is 10.4 Å². The van der Waals surface area contributed by atoms with E-state index in [4.69, 9.17) is 11.5 Å². The van der Waals surface area contributed by atoms with Crippen LogP contribution >= 0.6 is 0 Å². The van der Waals surface area contributed by atoms with Gasteiger partial charge >= 0.3 is 12.4 Å². The lowest BCUT2D eigenvalue weighted by Gasteiger charge is -2.11. The average molecular weight is 363 g/mol. The van der Waals surface area contributed by atoms with Crippen molar-refractivity contribution in [3.05, 3.63) is 54.2 Å². The van der Waals surface area contributed by atoms with Crippen molar-refractivity contribution < 1.29 is 27.5 Å². The van der Waals surface area contributed by atoms with Gasteiger partial charge in [-0.15, -0.1) is 13.2 Å². The summed E-state index contributed by atoms with van der Waals surface area (Å²) < 4.78 is 42.9. The molecule has 3 rings (SSSR count). The number of ether oxygens (including phenoxy) is 1. The molecule has 0 aliphatic rings. The second-order valence-corrected chi connectivity index (χ2v) is 5.39. The van der Waals surface area contributed by atoms with E-state index >= 15 is 0 Å². The molecule has 1 aromatic heterocycles. The lowest BCUT2D eigenvalue weighted by Crippen LogP contribution is -2.21. The lowest BCUT2D eigenvalue weighted by molar-refractivity contribution is -0.274. The molecule has 26 heavy (non-hydrogen) atoms. The van der Waals surface area contributed by atoms with Gasteiger partial charge in [-0.25, -0.2) is 4.79 Å². The third-order valence-corrected chi connectivity index (χ3v) is 3.73. The lowest BCUT2D eigenvalue weighted by atomic mass is 10.0. The number of carbonyl (C=O) groups is 2. The maximum absolute atomic E-state index is 12.7. The minimum Gasteiger partial charge on any atom is -0.404 e. The highest BCUT2D eigenvalue weighted by atomic mass is 19.4. The molecular formula is C17H12F3N3O3. The van der Waals surface area contributed by atoms with E-state index in [1.807, 2.05) is 0 Å². The first kappa shape index (κ1) is 17.3. The Morgan fingerprint density at radius 2 is 1.65 bits per heavy atom. The number of hydrogen-bond acceptors (Lipinski definition) is 3. The van der Waals surface area contributed by atoms with Gasteiger partial charge in [-0.3, -0.25) is 9.36 Å². The zero-order valence-corrected chi connectivity index (χ0v) is 13.1. The first-order valence-electron chi connectivity index (χ1n) is 7.27. The third-order valence-electron chi connectivity index (χ3n) is 3.73. The summed E-state index contributed by atoms with van der Waals surface area (Å²) in [6.07, 6.45) is -3.61. The Balaban J connectivity index is 2.23. The number of fused-ring (bicyclic) bond motifs is 1. The summed E-state index contributed by atoms with van der Waals surface area (Å²) in [6.45, 7) is 0. The standard InChI is InChI=1S/C17H12F3N3O3/c18-17(19,20)26-13-3-1-2-11-12(8-23(14(11)13)16(22)25)9-4-6-10(7-5-9)15(21)24/h1-8H,(H2,21,24)(H2,22,25). The van der Waals surface area contributed by atoms with Crippen LogP contribution in [0.25, 0.3) is 22.0 Å². The molecule has 3 aromatic rings. The van der Waals surface area contributed by atoms with Gasteiger partial charge in [-0.1, -0.05) is 24.3 Å². The fraction of sp³-hybridized carbons (Fsp3) is 0.0588. The molecule has 0 unspecified atom stereocenters. The third kappa shape index (κ3) is 3.18. The molecule has 0 radical (unpaired) electrons. The monoisotopic (exact) mass is 363 g/mol. The van der Waals surface area contributed by atoms with Crippen molar-refractivity contribution in [3.63, 3.8) is 0 Å². The molecule has 0 aliphatic carbocycles. The molecular weight excluding hydrogens is 351 g/mol. The molecule has 4 N–H and O–H groups in total. The zero-order chi connectivity index (χ0) is 19.1. The second kappa shape index (κ2) is 6.10. The maximum atomic E-state index is 12.7. The van der Waals surface area contributed by atoms with E-state index in [9.17, 15) is 22.8 Å². The van der Waals surface area contributed by atoms with Crippen LogP contribution in [0, 0.1) is 0 Å². The fourth-order valence-electron chi connectivity index (χ4n) is 2.68. The highest BCUT2D eigenvalue weighted by Crippen LogP contribution is 2.37. The Bertz CT molecular complexity index is 1010. The van der Waals surface area contributed by atoms with Gasteiger partial charge in [-0.2, -0.15) is 0 Å². The highest BCUT2D eigenvalue weighted by Gasteiger charge is 2.33. The van der Waals surface area contributed by atoms with Crippen LogP contribution in [-0.4, -0.2) is 22.9 Å². The quantitative estimate of drug-likeness (QED) is 0.747. The molecule has 0 atom stereocenters. The number of halogens is 3. The summed E-state index contributed by atoms with van der Waals surface area (Å²) in [6, 6.07) is 9.12. The highest BCUT2D eigenvalue weighted by molar-refractivity contribution is 6.04. The smallest absolute Gasteiger partial charge is 0.404 e. The molecule has 0 aliphatic heterocycles. The van der Waals surface area contributed by atoms with E-state index in [1.54, 1.807) is 12.1 Å². The Labute approximate surface area is 144 Å². The molecule has 1 heterocycles. The predicted octanol–water partition coefficient (Wildman–Crippen LogP) is 3.23. The number of aromatic nitrogens is 1. The second-order valence-electron chi connectivity index (χ2n) is 5.39. The molecule has 0 spiro atoms.